The number of amides is 1. The van der Waals surface area contributed by atoms with Gasteiger partial charge < -0.3 is 9.88 Å². The first kappa shape index (κ1) is 10.4. The lowest BCUT2D eigenvalue weighted by molar-refractivity contribution is 0.0788. The number of aryl methyl sites for hydroxylation is 1. The van der Waals surface area contributed by atoms with E-state index >= 15 is 0 Å². The Morgan fingerprint density at radius 3 is 2.76 bits per heavy atom. The second kappa shape index (κ2) is 3.91. The number of aromatic nitrogens is 1. The number of nitrogens with zero attached hydrogens (tertiary/aromatic N) is 1. The highest BCUT2D eigenvalue weighted by molar-refractivity contribution is 5.98. The highest BCUT2D eigenvalue weighted by atomic mass is 16.2. The molecule has 0 aliphatic carbocycles. The third kappa shape index (κ3) is 1.71. The van der Waals surface area contributed by atoms with Crippen LogP contribution in [0.2, 0.25) is 0 Å². The molecule has 1 aliphatic rings. The van der Waals surface area contributed by atoms with E-state index in [1.807, 2.05) is 23.1 Å². The van der Waals surface area contributed by atoms with Gasteiger partial charge in [-0.1, -0.05) is 12.1 Å². The minimum Gasteiger partial charge on any atom is -0.351 e. The molecule has 0 atom stereocenters. The summed E-state index contributed by atoms with van der Waals surface area (Å²) in [6, 6.07) is 8.08. The quantitative estimate of drug-likeness (QED) is 0.800. The van der Waals surface area contributed by atoms with Crippen molar-refractivity contribution in [2.45, 2.75) is 19.8 Å². The Hall–Kier alpha value is -1.77. The highest BCUT2D eigenvalue weighted by Gasteiger charge is 2.20. The SMILES string of the molecule is Cc1cccc2[nH]c(C(=O)N3CCCC3)cc12. The fraction of sp³-hybridized carbons (Fsp3) is 0.357. The molecule has 1 aromatic carbocycles. The summed E-state index contributed by atoms with van der Waals surface area (Å²) >= 11 is 0. The molecule has 0 bridgehead atoms. The zero-order valence-electron chi connectivity index (χ0n) is 9.99. The van der Waals surface area contributed by atoms with E-state index in [1.165, 1.54) is 5.56 Å². The molecule has 1 amide bonds. The van der Waals surface area contributed by atoms with Crippen LogP contribution in [0.25, 0.3) is 10.9 Å². The number of aromatic amines is 1. The Kier molecular flexibility index (Phi) is 2.39. The van der Waals surface area contributed by atoms with Crippen LogP contribution in [0.4, 0.5) is 0 Å². The van der Waals surface area contributed by atoms with Crippen molar-refractivity contribution in [3.8, 4) is 0 Å². The van der Waals surface area contributed by atoms with E-state index in [-0.39, 0.29) is 5.91 Å². The van der Waals surface area contributed by atoms with Gasteiger partial charge in [-0.3, -0.25) is 4.79 Å². The maximum Gasteiger partial charge on any atom is 0.270 e. The first-order valence-corrected chi connectivity index (χ1v) is 6.13. The molecule has 0 spiro atoms. The molecule has 3 heteroatoms. The van der Waals surface area contributed by atoms with Gasteiger partial charge in [0.25, 0.3) is 5.91 Å². The summed E-state index contributed by atoms with van der Waals surface area (Å²) < 4.78 is 0. The van der Waals surface area contributed by atoms with Crippen molar-refractivity contribution in [3.05, 3.63) is 35.5 Å². The third-order valence-corrected chi connectivity index (χ3v) is 3.51. The minimum atomic E-state index is 0.137. The van der Waals surface area contributed by atoms with E-state index in [0.29, 0.717) is 0 Å². The van der Waals surface area contributed by atoms with E-state index in [4.69, 9.17) is 0 Å². The van der Waals surface area contributed by atoms with E-state index in [2.05, 4.69) is 18.0 Å². The van der Waals surface area contributed by atoms with Crippen LogP contribution in [0, 0.1) is 6.92 Å². The van der Waals surface area contributed by atoms with E-state index in [9.17, 15) is 4.79 Å². The van der Waals surface area contributed by atoms with E-state index in [0.717, 1.165) is 42.5 Å². The molecule has 2 aromatic rings. The van der Waals surface area contributed by atoms with Gasteiger partial charge in [0.05, 0.1) is 0 Å². The summed E-state index contributed by atoms with van der Waals surface area (Å²) in [6.07, 6.45) is 2.26. The van der Waals surface area contributed by atoms with Crippen LogP contribution in [0.1, 0.15) is 28.9 Å². The Labute approximate surface area is 100 Å². The van der Waals surface area contributed by atoms with Crippen molar-refractivity contribution in [3.63, 3.8) is 0 Å². The Morgan fingerprint density at radius 1 is 1.29 bits per heavy atom. The van der Waals surface area contributed by atoms with Crippen molar-refractivity contribution < 1.29 is 4.79 Å². The number of hydrogen-bond donors (Lipinski definition) is 1. The van der Waals surface area contributed by atoms with Crippen molar-refractivity contribution in [1.82, 2.24) is 9.88 Å². The van der Waals surface area contributed by atoms with Crippen LogP contribution in [0.5, 0.6) is 0 Å². The lowest BCUT2D eigenvalue weighted by atomic mass is 10.1. The maximum absolute atomic E-state index is 12.2. The number of nitrogens with one attached hydrogen (secondary N) is 1. The highest BCUT2D eigenvalue weighted by Crippen LogP contribution is 2.21. The molecule has 0 saturated carbocycles. The second-order valence-electron chi connectivity index (χ2n) is 4.72. The van der Waals surface area contributed by atoms with Gasteiger partial charge in [0, 0.05) is 24.0 Å². The number of hydrogen-bond acceptors (Lipinski definition) is 1. The molecule has 3 nitrogen and oxygen atoms in total. The summed E-state index contributed by atoms with van der Waals surface area (Å²) in [5, 5.41) is 1.15. The molecular weight excluding hydrogens is 212 g/mol. The average Bonchev–Trinajstić information content (AvgIpc) is 2.98. The lowest BCUT2D eigenvalue weighted by Gasteiger charge is -2.13. The first-order valence-electron chi connectivity index (χ1n) is 6.13. The van der Waals surface area contributed by atoms with E-state index in [1.54, 1.807) is 0 Å². The molecule has 1 N–H and O–H groups in total. The number of carbonyl (C=O) groups is 1. The second-order valence-corrected chi connectivity index (χ2v) is 4.72. The Balaban J connectivity index is 2.00. The molecule has 0 radical (unpaired) electrons. The molecule has 1 saturated heterocycles. The van der Waals surface area contributed by atoms with Gasteiger partial charge in [0.1, 0.15) is 5.69 Å². The van der Waals surface area contributed by atoms with Gasteiger partial charge in [-0.05, 0) is 37.5 Å². The van der Waals surface area contributed by atoms with Crippen LogP contribution in [-0.4, -0.2) is 28.9 Å². The predicted molar refractivity (Wildman–Crippen MR) is 68.2 cm³/mol. The number of H-pyrrole nitrogens is 1. The van der Waals surface area contributed by atoms with Gasteiger partial charge in [-0.15, -0.1) is 0 Å². The van der Waals surface area contributed by atoms with Gasteiger partial charge in [0.15, 0.2) is 0 Å². The Morgan fingerprint density at radius 2 is 2.06 bits per heavy atom. The third-order valence-electron chi connectivity index (χ3n) is 3.51. The monoisotopic (exact) mass is 228 g/mol. The lowest BCUT2D eigenvalue weighted by Crippen LogP contribution is -2.27. The Bertz CT molecular complexity index is 565. The molecule has 1 aromatic heterocycles. The number of fused-ring (bicyclic) bond motifs is 1. The molecule has 3 rings (SSSR count). The van der Waals surface area contributed by atoms with Crippen molar-refractivity contribution >= 4 is 16.8 Å². The molecule has 1 fully saturated rings. The van der Waals surface area contributed by atoms with Crippen molar-refractivity contribution in [1.29, 1.82) is 0 Å². The smallest absolute Gasteiger partial charge is 0.270 e. The standard InChI is InChI=1S/C14H16N2O/c1-10-5-4-6-12-11(10)9-13(15-12)14(17)16-7-2-3-8-16/h4-6,9,15H,2-3,7-8H2,1H3. The van der Waals surface area contributed by atoms with Crippen LogP contribution >= 0.6 is 0 Å². The van der Waals surface area contributed by atoms with Crippen LogP contribution < -0.4 is 0 Å². The topological polar surface area (TPSA) is 36.1 Å². The summed E-state index contributed by atoms with van der Waals surface area (Å²) in [7, 11) is 0. The number of carbonyl (C=O) groups excluding carboxylic acids is 1. The largest absolute Gasteiger partial charge is 0.351 e. The fourth-order valence-corrected chi connectivity index (χ4v) is 2.51. The van der Waals surface area contributed by atoms with E-state index < -0.39 is 0 Å². The molecule has 0 unspecified atom stereocenters. The zero-order chi connectivity index (χ0) is 11.8. The predicted octanol–water partition coefficient (Wildman–Crippen LogP) is 2.71. The number of benzene rings is 1. The van der Waals surface area contributed by atoms with Gasteiger partial charge in [-0.25, -0.2) is 0 Å². The van der Waals surface area contributed by atoms with Crippen molar-refractivity contribution in [2.24, 2.45) is 0 Å². The molecule has 88 valence electrons. The summed E-state index contributed by atoms with van der Waals surface area (Å²) in [5.74, 6) is 0.137. The van der Waals surface area contributed by atoms with Crippen LogP contribution in [0.15, 0.2) is 24.3 Å². The van der Waals surface area contributed by atoms with Gasteiger partial charge in [-0.2, -0.15) is 0 Å². The van der Waals surface area contributed by atoms with Crippen LogP contribution in [0.3, 0.4) is 0 Å². The summed E-state index contributed by atoms with van der Waals surface area (Å²) in [5.41, 5.74) is 2.97. The fourth-order valence-electron chi connectivity index (χ4n) is 2.51. The zero-order valence-corrected chi connectivity index (χ0v) is 9.99. The molecular formula is C14H16N2O. The molecule has 17 heavy (non-hydrogen) atoms. The van der Waals surface area contributed by atoms with Gasteiger partial charge in [0.2, 0.25) is 0 Å². The molecule has 1 aliphatic heterocycles. The van der Waals surface area contributed by atoms with Crippen LogP contribution in [-0.2, 0) is 0 Å². The first-order chi connectivity index (χ1) is 8.25. The van der Waals surface area contributed by atoms with Gasteiger partial charge >= 0.3 is 0 Å². The average molecular weight is 228 g/mol. The maximum atomic E-state index is 12.2. The normalized spacial score (nSPS) is 15.7. The summed E-state index contributed by atoms with van der Waals surface area (Å²) in [6.45, 7) is 3.86. The summed E-state index contributed by atoms with van der Waals surface area (Å²) in [4.78, 5) is 17.4. The number of likely N-dealkylation sites (tertiary alicyclic amines) is 1. The molecule has 2 heterocycles. The minimum absolute atomic E-state index is 0.137. The number of rotatable bonds is 1. The van der Waals surface area contributed by atoms with Crippen molar-refractivity contribution in [2.75, 3.05) is 13.1 Å².